The van der Waals surface area contributed by atoms with Crippen LogP contribution in [0.4, 0.5) is 11.4 Å². The Morgan fingerprint density at radius 2 is 2.08 bits per heavy atom. The lowest BCUT2D eigenvalue weighted by molar-refractivity contribution is -0.139. The summed E-state index contributed by atoms with van der Waals surface area (Å²) in [5.41, 5.74) is 1.42. The third-order valence-corrected chi connectivity index (χ3v) is 7.65. The largest absolute Gasteiger partial charge is 0.481 e. The second kappa shape index (κ2) is 10.0. The molecule has 1 unspecified atom stereocenters. The minimum atomic E-state index is -1.54. The van der Waals surface area contributed by atoms with Gasteiger partial charge in [-0.05, 0) is 42.7 Å². The molecule has 2 amide bonds. The van der Waals surface area contributed by atoms with E-state index in [4.69, 9.17) is 4.74 Å². The van der Waals surface area contributed by atoms with Gasteiger partial charge in [-0.2, -0.15) is 0 Å². The molecule has 11 heteroatoms. The van der Waals surface area contributed by atoms with Gasteiger partial charge in [-0.15, -0.1) is 11.8 Å². The number of amides is 2. The Morgan fingerprint density at radius 1 is 1.28 bits per heavy atom. The molecule has 188 valence electrons. The first-order valence-electron chi connectivity index (χ1n) is 11.7. The molecule has 2 aliphatic heterocycles. The molecule has 1 fully saturated rings. The maximum absolute atomic E-state index is 13.1. The highest BCUT2D eigenvalue weighted by Crippen LogP contribution is 2.34. The van der Waals surface area contributed by atoms with E-state index in [1.807, 2.05) is 17.0 Å². The van der Waals surface area contributed by atoms with Crippen molar-refractivity contribution in [3.63, 3.8) is 0 Å². The number of aromatic nitrogens is 2. The number of hydrogen-bond donors (Lipinski definition) is 4. The number of ether oxygens (including phenoxy) is 1. The number of carbonyl (C=O) groups is 2. The Hall–Kier alpha value is -3.25. The van der Waals surface area contributed by atoms with Gasteiger partial charge in [0.1, 0.15) is 11.1 Å². The lowest BCUT2D eigenvalue weighted by Gasteiger charge is -2.37. The lowest BCUT2D eigenvalue weighted by atomic mass is 9.90. The van der Waals surface area contributed by atoms with Gasteiger partial charge in [0.2, 0.25) is 11.8 Å². The zero-order chi connectivity index (χ0) is 25.3. The highest BCUT2D eigenvalue weighted by molar-refractivity contribution is 8.00. The van der Waals surface area contributed by atoms with E-state index in [9.17, 15) is 19.8 Å². The summed E-state index contributed by atoms with van der Waals surface area (Å²) in [5.74, 6) is 0.239. The molecule has 5 rings (SSSR count). The number of methoxy groups -OCH3 is 1. The second-order valence-electron chi connectivity index (χ2n) is 8.97. The number of hydrogen-bond acceptors (Lipinski definition) is 9. The van der Waals surface area contributed by atoms with Gasteiger partial charge in [-0.3, -0.25) is 14.6 Å². The molecular formula is C25H27N5O5S. The summed E-state index contributed by atoms with van der Waals surface area (Å²) in [6.45, 7) is 1.25. The number of pyridine rings is 2. The summed E-state index contributed by atoms with van der Waals surface area (Å²) in [6, 6.07) is 10.7. The van der Waals surface area contributed by atoms with Crippen LogP contribution < -0.4 is 15.4 Å². The van der Waals surface area contributed by atoms with E-state index >= 15 is 0 Å². The number of fused-ring (bicyclic) bond motifs is 2. The predicted octanol–water partition coefficient (Wildman–Crippen LogP) is 2.18. The number of nitrogens with zero attached hydrogens (tertiary/aromatic N) is 3. The average Bonchev–Trinajstić information content (AvgIpc) is 2.89. The van der Waals surface area contributed by atoms with Gasteiger partial charge in [-0.1, -0.05) is 6.07 Å². The van der Waals surface area contributed by atoms with Gasteiger partial charge < -0.3 is 30.5 Å². The van der Waals surface area contributed by atoms with Crippen LogP contribution in [0.5, 0.6) is 5.88 Å². The number of likely N-dealkylation sites (tertiary alicyclic amines) is 1. The van der Waals surface area contributed by atoms with Gasteiger partial charge in [-0.25, -0.2) is 4.98 Å². The summed E-state index contributed by atoms with van der Waals surface area (Å²) in [5, 5.41) is 27.5. The van der Waals surface area contributed by atoms with Crippen LogP contribution in [-0.4, -0.2) is 75.0 Å². The van der Waals surface area contributed by atoms with Crippen molar-refractivity contribution in [3.8, 4) is 5.88 Å². The Bertz CT molecular complexity index is 1310. The fourth-order valence-corrected chi connectivity index (χ4v) is 5.24. The Morgan fingerprint density at radius 3 is 2.86 bits per heavy atom. The molecule has 0 spiro atoms. The molecule has 1 aromatic carbocycles. The van der Waals surface area contributed by atoms with E-state index in [2.05, 4.69) is 20.6 Å². The fourth-order valence-electron chi connectivity index (χ4n) is 4.45. The lowest BCUT2D eigenvalue weighted by Crippen LogP contribution is -2.52. The van der Waals surface area contributed by atoms with Crippen molar-refractivity contribution in [1.82, 2.24) is 14.9 Å². The number of anilines is 2. The fraction of sp³-hybridized carbons (Fsp3) is 0.360. The molecule has 2 aliphatic rings. The molecule has 0 radical (unpaired) electrons. The Kier molecular flexibility index (Phi) is 6.80. The smallest absolute Gasteiger partial charge is 0.256 e. The first kappa shape index (κ1) is 24.4. The number of benzene rings is 1. The number of carbonyl (C=O) groups excluding carboxylic acids is 2. The number of aliphatic hydroxyl groups is 2. The highest BCUT2D eigenvalue weighted by atomic mass is 32.2. The Balaban J connectivity index is 1.21. The maximum Gasteiger partial charge on any atom is 0.256 e. The van der Waals surface area contributed by atoms with Crippen molar-refractivity contribution in [3.05, 3.63) is 48.2 Å². The van der Waals surface area contributed by atoms with Crippen LogP contribution in [0.2, 0.25) is 0 Å². The van der Waals surface area contributed by atoms with Crippen molar-refractivity contribution in [2.75, 3.05) is 43.1 Å². The number of nitrogens with one attached hydrogen (secondary N) is 2. The molecule has 3 aromatic rings. The summed E-state index contributed by atoms with van der Waals surface area (Å²) in [6.07, 6.45) is 1.26. The minimum Gasteiger partial charge on any atom is -0.481 e. The molecular weight excluding hydrogens is 482 g/mol. The van der Waals surface area contributed by atoms with Gasteiger partial charge in [0, 0.05) is 36.8 Å². The van der Waals surface area contributed by atoms with Gasteiger partial charge >= 0.3 is 0 Å². The van der Waals surface area contributed by atoms with Crippen LogP contribution in [0.25, 0.3) is 11.0 Å². The maximum atomic E-state index is 13.1. The van der Waals surface area contributed by atoms with Crippen molar-refractivity contribution in [1.29, 1.82) is 0 Å². The third-order valence-electron chi connectivity index (χ3n) is 6.57. The quantitative estimate of drug-likeness (QED) is 0.394. The topological polar surface area (TPSA) is 137 Å². The molecule has 4 N–H and O–H groups in total. The van der Waals surface area contributed by atoms with Crippen molar-refractivity contribution in [2.24, 2.45) is 0 Å². The first-order valence-corrected chi connectivity index (χ1v) is 12.6. The summed E-state index contributed by atoms with van der Waals surface area (Å²) < 4.78 is 5.18. The average molecular weight is 510 g/mol. The van der Waals surface area contributed by atoms with Crippen LogP contribution in [-0.2, 0) is 9.59 Å². The third kappa shape index (κ3) is 5.00. The number of aliphatic hydroxyl groups excluding tert-OH is 1. The zero-order valence-electron chi connectivity index (χ0n) is 19.7. The predicted molar refractivity (Wildman–Crippen MR) is 136 cm³/mol. The molecule has 36 heavy (non-hydrogen) atoms. The van der Waals surface area contributed by atoms with Crippen LogP contribution in [0.15, 0.2) is 47.5 Å². The van der Waals surface area contributed by atoms with Crippen molar-refractivity contribution >= 4 is 46.0 Å². The number of piperidine rings is 1. The second-order valence-corrected chi connectivity index (χ2v) is 9.99. The van der Waals surface area contributed by atoms with Crippen molar-refractivity contribution < 1.29 is 24.5 Å². The molecule has 1 saturated heterocycles. The molecule has 10 nitrogen and oxygen atoms in total. The monoisotopic (exact) mass is 509 g/mol. The normalized spacial score (nSPS) is 18.2. The molecule has 0 bridgehead atoms. The molecule has 1 atom stereocenters. The van der Waals surface area contributed by atoms with Gasteiger partial charge in [0.05, 0.1) is 35.9 Å². The van der Waals surface area contributed by atoms with Gasteiger partial charge in [0.25, 0.3) is 5.91 Å². The van der Waals surface area contributed by atoms with Gasteiger partial charge in [0.15, 0.2) is 0 Å². The highest BCUT2D eigenvalue weighted by Gasteiger charge is 2.40. The number of β-amino-alcohol motifs (C(OH)–C–C–N with tert-alkyl or cyclic N) is 1. The van der Waals surface area contributed by atoms with Crippen LogP contribution in [0.1, 0.15) is 24.5 Å². The Labute approximate surface area is 212 Å². The van der Waals surface area contributed by atoms with E-state index in [-0.39, 0.29) is 18.7 Å². The molecule has 0 aliphatic carbocycles. The zero-order valence-corrected chi connectivity index (χ0v) is 20.5. The van der Waals surface area contributed by atoms with Crippen LogP contribution in [0.3, 0.4) is 0 Å². The van der Waals surface area contributed by atoms with E-state index in [1.165, 1.54) is 18.9 Å². The molecule has 2 aromatic heterocycles. The van der Waals surface area contributed by atoms with E-state index in [0.29, 0.717) is 59.2 Å². The summed E-state index contributed by atoms with van der Waals surface area (Å²) in [4.78, 5) is 36.4. The standard InChI is InChI=1S/C25H27N5O5S/c1-35-22-5-3-16-23(29-22)17(6-9-26-16)28-24(33)25(34)7-10-30(11-8-25)13-19(31)15-2-4-20-18(12-15)27-21(32)14-36-20/h2-6,9,12,19,31,34H,7-8,10-11,13-14H2,1H3,(H,27,32)(H,26,28,33). The SMILES string of the molecule is COc1ccc2nccc(NC(=O)C3(O)CCN(CC(O)c4ccc5c(c4)NC(=O)CS5)CC3)c2n1. The number of thioether (sulfide) groups is 1. The minimum absolute atomic E-state index is 0.0533. The van der Waals surface area contributed by atoms with Crippen LogP contribution in [0, 0.1) is 0 Å². The number of rotatable bonds is 6. The first-order chi connectivity index (χ1) is 17.3. The van der Waals surface area contributed by atoms with E-state index in [1.54, 1.807) is 30.5 Å². The molecule has 4 heterocycles. The molecule has 0 saturated carbocycles. The summed E-state index contributed by atoms with van der Waals surface area (Å²) in [7, 11) is 1.51. The van der Waals surface area contributed by atoms with E-state index < -0.39 is 17.6 Å². The van der Waals surface area contributed by atoms with Crippen LogP contribution >= 0.6 is 11.8 Å². The van der Waals surface area contributed by atoms with E-state index in [0.717, 1.165) is 4.90 Å². The summed E-state index contributed by atoms with van der Waals surface area (Å²) >= 11 is 1.47. The van der Waals surface area contributed by atoms with Crippen molar-refractivity contribution in [2.45, 2.75) is 29.4 Å².